The topological polar surface area (TPSA) is 46.2 Å². The zero-order chi connectivity index (χ0) is 15.5. The molecular weight excluding hydrogens is 320 g/mol. The summed E-state index contributed by atoms with van der Waals surface area (Å²) in [6.45, 7) is 0. The van der Waals surface area contributed by atoms with Crippen LogP contribution in [0, 0.1) is 11.6 Å². The van der Waals surface area contributed by atoms with E-state index in [1.54, 1.807) is 12.1 Å². The Morgan fingerprint density at radius 3 is 2.33 bits per heavy atom. The average molecular weight is 332 g/mol. The third-order valence-corrected chi connectivity index (χ3v) is 4.36. The molecule has 0 saturated carbocycles. The van der Waals surface area contributed by atoms with Crippen molar-refractivity contribution in [2.45, 2.75) is 11.3 Å². The van der Waals surface area contributed by atoms with Crippen LogP contribution in [0.3, 0.4) is 0 Å². The fourth-order valence-electron chi connectivity index (χ4n) is 1.72. The van der Waals surface area contributed by atoms with Crippen molar-refractivity contribution in [1.29, 1.82) is 0 Å². The number of nitrogens with one attached hydrogen (secondary N) is 1. The van der Waals surface area contributed by atoms with Gasteiger partial charge in [0.2, 0.25) is 0 Å². The van der Waals surface area contributed by atoms with Gasteiger partial charge < -0.3 is 0 Å². The highest BCUT2D eigenvalue weighted by Gasteiger charge is 2.16. The van der Waals surface area contributed by atoms with Gasteiger partial charge in [-0.1, -0.05) is 12.1 Å². The molecule has 2 aromatic rings. The third kappa shape index (κ3) is 3.92. The number of hydrogen-bond donors (Lipinski definition) is 1. The van der Waals surface area contributed by atoms with Crippen LogP contribution in [-0.4, -0.2) is 14.3 Å². The summed E-state index contributed by atoms with van der Waals surface area (Å²) in [5.74, 6) is -1.15. The minimum atomic E-state index is -3.97. The van der Waals surface area contributed by atoms with Crippen molar-refractivity contribution >= 4 is 27.3 Å². The minimum Gasteiger partial charge on any atom is -0.277 e. The summed E-state index contributed by atoms with van der Waals surface area (Å²) in [4.78, 5) is -0.0375. The molecule has 0 aliphatic heterocycles. The molecule has 112 valence electrons. The number of rotatable bonds is 5. The first-order valence-electron chi connectivity index (χ1n) is 6.05. The van der Waals surface area contributed by atoms with Crippen molar-refractivity contribution < 1.29 is 17.2 Å². The van der Waals surface area contributed by atoms with E-state index in [0.717, 1.165) is 23.8 Å². The Bertz CT molecular complexity index is 733. The van der Waals surface area contributed by atoms with Gasteiger partial charge in [0.25, 0.3) is 10.0 Å². The molecule has 0 fully saturated rings. The molecule has 0 bridgehead atoms. The quantitative estimate of drug-likeness (QED) is 0.852. The van der Waals surface area contributed by atoms with Crippen molar-refractivity contribution in [2.24, 2.45) is 0 Å². The predicted octanol–water partition coefficient (Wildman–Crippen LogP) is 3.55. The Balaban J connectivity index is 2.27. The molecule has 0 heterocycles. The molecule has 0 aromatic heterocycles. The van der Waals surface area contributed by atoms with Crippen molar-refractivity contribution in [3.05, 3.63) is 59.7 Å². The largest absolute Gasteiger partial charge is 0.277 e. The van der Waals surface area contributed by atoms with Crippen molar-refractivity contribution in [2.75, 3.05) is 10.6 Å². The van der Waals surface area contributed by atoms with E-state index in [0.29, 0.717) is 12.3 Å². The third-order valence-electron chi connectivity index (χ3n) is 2.79. The molecule has 0 aliphatic carbocycles. The van der Waals surface area contributed by atoms with Gasteiger partial charge in [0.15, 0.2) is 0 Å². The van der Waals surface area contributed by atoms with Gasteiger partial charge in [-0.2, -0.15) is 0 Å². The molecule has 0 aliphatic rings. The van der Waals surface area contributed by atoms with E-state index in [9.17, 15) is 17.2 Å². The van der Waals surface area contributed by atoms with Gasteiger partial charge in [-0.3, -0.25) is 4.72 Å². The van der Waals surface area contributed by atoms with E-state index in [1.165, 1.54) is 12.1 Å². The second-order valence-corrected chi connectivity index (χ2v) is 6.37. The summed E-state index contributed by atoms with van der Waals surface area (Å²) in [6.07, 6.45) is 0.619. The zero-order valence-corrected chi connectivity index (χ0v) is 12.4. The van der Waals surface area contributed by atoms with E-state index < -0.39 is 27.3 Å². The lowest BCUT2D eigenvalue weighted by molar-refractivity contribution is 0.594. The molecule has 0 spiro atoms. The van der Waals surface area contributed by atoms with Crippen LogP contribution in [-0.2, 0) is 16.4 Å². The molecule has 0 amide bonds. The van der Waals surface area contributed by atoms with Crippen LogP contribution < -0.4 is 4.72 Å². The minimum absolute atomic E-state index is 0.0375. The van der Waals surface area contributed by atoms with Crippen molar-refractivity contribution in [1.82, 2.24) is 0 Å². The van der Waals surface area contributed by atoms with Crippen LogP contribution in [0.4, 0.5) is 14.5 Å². The summed E-state index contributed by atoms with van der Waals surface area (Å²) < 4.78 is 52.8. The first kappa shape index (κ1) is 15.7. The Morgan fingerprint density at radius 1 is 1.05 bits per heavy atom. The maximum Gasteiger partial charge on any atom is 0.261 e. The molecule has 2 aromatic carbocycles. The molecule has 0 radical (unpaired) electrons. The number of alkyl halides is 1. The normalized spacial score (nSPS) is 11.4. The molecule has 0 saturated heterocycles. The molecule has 1 N–H and O–H groups in total. The van der Waals surface area contributed by atoms with E-state index in [2.05, 4.69) is 0 Å². The molecule has 3 nitrogen and oxygen atoms in total. The van der Waals surface area contributed by atoms with Gasteiger partial charge in [-0.25, -0.2) is 17.2 Å². The molecule has 21 heavy (non-hydrogen) atoms. The second kappa shape index (κ2) is 6.41. The van der Waals surface area contributed by atoms with Crippen molar-refractivity contribution in [3.8, 4) is 0 Å². The lowest BCUT2D eigenvalue weighted by Crippen LogP contribution is -2.14. The lowest BCUT2D eigenvalue weighted by atomic mass is 10.2. The molecule has 7 heteroatoms. The van der Waals surface area contributed by atoms with E-state index in [-0.39, 0.29) is 4.90 Å². The highest BCUT2D eigenvalue weighted by Crippen LogP contribution is 2.20. The zero-order valence-electron chi connectivity index (χ0n) is 10.8. The van der Waals surface area contributed by atoms with Crippen molar-refractivity contribution in [3.63, 3.8) is 0 Å². The van der Waals surface area contributed by atoms with E-state index in [4.69, 9.17) is 11.6 Å². The first-order valence-corrected chi connectivity index (χ1v) is 8.07. The summed E-state index contributed by atoms with van der Waals surface area (Å²) in [6, 6.07) is 8.58. The van der Waals surface area contributed by atoms with Crippen LogP contribution >= 0.6 is 11.6 Å². The van der Waals surface area contributed by atoms with Crippen LogP contribution in [0.15, 0.2) is 47.4 Å². The fourth-order valence-corrected chi connectivity index (χ4v) is 3.00. The van der Waals surface area contributed by atoms with Crippen LogP contribution in [0.5, 0.6) is 0 Å². The maximum atomic E-state index is 13.5. The number of anilines is 1. The SMILES string of the molecule is O=S(=O)(Nc1cc(F)ccc1F)c1ccc(CCCl)cc1. The lowest BCUT2D eigenvalue weighted by Gasteiger charge is -2.09. The van der Waals surface area contributed by atoms with E-state index >= 15 is 0 Å². The van der Waals surface area contributed by atoms with Crippen LogP contribution in [0.25, 0.3) is 0 Å². The maximum absolute atomic E-state index is 13.5. The number of aryl methyl sites for hydroxylation is 1. The Hall–Kier alpha value is -1.66. The fraction of sp³-hybridized carbons (Fsp3) is 0.143. The number of benzene rings is 2. The van der Waals surface area contributed by atoms with E-state index in [1.807, 2.05) is 4.72 Å². The number of sulfonamides is 1. The van der Waals surface area contributed by atoms with Gasteiger partial charge in [0.05, 0.1) is 10.6 Å². The Labute approximate surface area is 126 Å². The highest BCUT2D eigenvalue weighted by molar-refractivity contribution is 7.92. The van der Waals surface area contributed by atoms with Gasteiger partial charge in [-0.15, -0.1) is 11.6 Å². The average Bonchev–Trinajstić information content (AvgIpc) is 2.44. The Kier molecular flexibility index (Phi) is 4.80. The molecule has 0 atom stereocenters. The summed E-state index contributed by atoms with van der Waals surface area (Å²) in [5, 5.41) is 0. The summed E-state index contributed by atoms with van der Waals surface area (Å²) in [7, 11) is -3.97. The van der Waals surface area contributed by atoms with Gasteiger partial charge >= 0.3 is 0 Å². The number of halogens is 3. The smallest absolute Gasteiger partial charge is 0.261 e. The van der Waals surface area contributed by atoms with Crippen LogP contribution in [0.1, 0.15) is 5.56 Å². The van der Waals surface area contributed by atoms with Gasteiger partial charge in [0, 0.05) is 11.9 Å². The van der Waals surface area contributed by atoms with Crippen LogP contribution in [0.2, 0.25) is 0 Å². The van der Waals surface area contributed by atoms with Gasteiger partial charge in [-0.05, 0) is 36.2 Å². The predicted molar refractivity (Wildman–Crippen MR) is 78.0 cm³/mol. The summed E-state index contributed by atoms with van der Waals surface area (Å²) >= 11 is 5.60. The molecule has 2 rings (SSSR count). The summed E-state index contributed by atoms with van der Waals surface area (Å²) in [5.41, 5.74) is 0.459. The number of hydrogen-bond acceptors (Lipinski definition) is 2. The first-order chi connectivity index (χ1) is 9.92. The monoisotopic (exact) mass is 331 g/mol. The Morgan fingerprint density at radius 2 is 1.71 bits per heavy atom. The second-order valence-electron chi connectivity index (χ2n) is 4.31. The van der Waals surface area contributed by atoms with Gasteiger partial charge in [0.1, 0.15) is 11.6 Å². The molecular formula is C14H12ClF2NO2S. The molecule has 0 unspecified atom stereocenters. The highest BCUT2D eigenvalue weighted by atomic mass is 35.5. The standard InChI is InChI=1S/C14H12ClF2NO2S/c15-8-7-10-1-4-12(5-2-10)21(19,20)18-14-9-11(16)3-6-13(14)17/h1-6,9,18H,7-8H2.